The number of esters is 2. The predicted octanol–water partition coefficient (Wildman–Crippen LogP) is 2.89. The van der Waals surface area contributed by atoms with Crippen LogP contribution in [0.3, 0.4) is 0 Å². The van der Waals surface area contributed by atoms with Gasteiger partial charge in [0, 0.05) is 18.9 Å². The smallest absolute Gasteiger partial charge is 0.344 e. The summed E-state index contributed by atoms with van der Waals surface area (Å²) in [4.78, 5) is 36.7. The Morgan fingerprint density at radius 3 is 1.97 bits per heavy atom. The lowest BCUT2D eigenvalue weighted by Crippen LogP contribution is -2.61. The highest BCUT2D eigenvalue weighted by Crippen LogP contribution is 2.25. The fourth-order valence-corrected chi connectivity index (χ4v) is 2.39. The van der Waals surface area contributed by atoms with Crippen LogP contribution in [0, 0.1) is 18.8 Å². The number of carbonyl (C=O) groups excluding carboxylic acids is 3. The molecule has 1 rings (SSSR count). The zero-order chi connectivity index (χ0) is 22.0. The minimum absolute atomic E-state index is 0.133. The number of aryl methyl sites for hydroxylation is 1. The summed E-state index contributed by atoms with van der Waals surface area (Å²) >= 11 is 0. The van der Waals surface area contributed by atoms with E-state index in [4.69, 9.17) is 9.47 Å². The third kappa shape index (κ3) is 6.71. The van der Waals surface area contributed by atoms with E-state index in [0.29, 0.717) is 5.56 Å². The number of carbonyl (C=O) groups is 3. The maximum Gasteiger partial charge on any atom is 0.344 e. The van der Waals surface area contributed by atoms with E-state index in [-0.39, 0.29) is 13.2 Å². The molecule has 0 aromatic heterocycles. The van der Waals surface area contributed by atoms with Gasteiger partial charge in [-0.15, -0.1) is 0 Å². The SMILES string of the molecule is CCOC(=O)C(CC(C#Cc1ccc(C)cc1)=C(F)F)(NC(C)=O)C(=O)OCC. The van der Waals surface area contributed by atoms with Gasteiger partial charge in [-0.3, -0.25) is 4.79 Å². The molecule has 0 aliphatic heterocycles. The number of rotatable bonds is 7. The molecule has 29 heavy (non-hydrogen) atoms. The van der Waals surface area contributed by atoms with Crippen molar-refractivity contribution in [1.29, 1.82) is 0 Å². The van der Waals surface area contributed by atoms with Gasteiger partial charge in [0.25, 0.3) is 6.08 Å². The van der Waals surface area contributed by atoms with Crippen molar-refractivity contribution in [2.75, 3.05) is 13.2 Å². The van der Waals surface area contributed by atoms with Crippen LogP contribution in [0.2, 0.25) is 0 Å². The molecule has 1 N–H and O–H groups in total. The van der Waals surface area contributed by atoms with Crippen LogP contribution < -0.4 is 5.32 Å². The Bertz CT molecular complexity index is 828. The van der Waals surface area contributed by atoms with Gasteiger partial charge >= 0.3 is 11.9 Å². The van der Waals surface area contributed by atoms with Gasteiger partial charge in [-0.25, -0.2) is 9.59 Å². The highest BCUT2D eigenvalue weighted by atomic mass is 19.3. The van der Waals surface area contributed by atoms with E-state index in [1.165, 1.54) is 13.8 Å². The molecule has 0 unspecified atom stereocenters. The van der Waals surface area contributed by atoms with E-state index in [1.807, 2.05) is 6.92 Å². The molecule has 0 heterocycles. The van der Waals surface area contributed by atoms with E-state index < -0.39 is 41.5 Å². The summed E-state index contributed by atoms with van der Waals surface area (Å²) in [5, 5.41) is 2.13. The first-order valence-electron chi connectivity index (χ1n) is 8.92. The molecule has 1 aromatic carbocycles. The fourth-order valence-electron chi connectivity index (χ4n) is 2.39. The van der Waals surface area contributed by atoms with E-state index in [0.717, 1.165) is 12.5 Å². The number of ether oxygens (including phenoxy) is 2. The van der Waals surface area contributed by atoms with Crippen LogP contribution in [0.25, 0.3) is 0 Å². The van der Waals surface area contributed by atoms with Gasteiger partial charge in [-0.2, -0.15) is 8.78 Å². The summed E-state index contributed by atoms with van der Waals surface area (Å²) in [7, 11) is 0. The molecule has 156 valence electrons. The number of amides is 1. The lowest BCUT2D eigenvalue weighted by atomic mass is 9.90. The van der Waals surface area contributed by atoms with Gasteiger partial charge in [0.2, 0.25) is 11.4 Å². The summed E-state index contributed by atoms with van der Waals surface area (Å²) in [6, 6.07) is 6.82. The summed E-state index contributed by atoms with van der Waals surface area (Å²) < 4.78 is 36.9. The van der Waals surface area contributed by atoms with Crippen molar-refractivity contribution in [2.45, 2.75) is 39.7 Å². The van der Waals surface area contributed by atoms with Crippen molar-refractivity contribution in [2.24, 2.45) is 0 Å². The van der Waals surface area contributed by atoms with Crippen LogP contribution in [0.15, 0.2) is 35.9 Å². The summed E-state index contributed by atoms with van der Waals surface area (Å²) in [6.45, 7) is 5.60. The van der Waals surface area contributed by atoms with E-state index in [9.17, 15) is 23.2 Å². The highest BCUT2D eigenvalue weighted by molar-refractivity contribution is 6.08. The van der Waals surface area contributed by atoms with E-state index in [2.05, 4.69) is 17.2 Å². The first-order valence-corrected chi connectivity index (χ1v) is 8.92. The molecular formula is C21H23F2NO5. The van der Waals surface area contributed by atoms with Gasteiger partial charge < -0.3 is 14.8 Å². The zero-order valence-corrected chi connectivity index (χ0v) is 16.7. The van der Waals surface area contributed by atoms with Crippen LogP contribution in [-0.4, -0.2) is 36.6 Å². The third-order valence-electron chi connectivity index (χ3n) is 3.72. The second-order valence-electron chi connectivity index (χ2n) is 6.06. The van der Waals surface area contributed by atoms with Crippen LogP contribution in [0.1, 0.15) is 38.3 Å². The van der Waals surface area contributed by atoms with Crippen molar-refractivity contribution in [3.8, 4) is 11.8 Å². The Kier molecular flexibility index (Phi) is 9.00. The van der Waals surface area contributed by atoms with Crippen molar-refractivity contribution < 1.29 is 32.6 Å². The molecule has 0 radical (unpaired) electrons. The second-order valence-corrected chi connectivity index (χ2v) is 6.06. The maximum absolute atomic E-state index is 13.6. The number of hydrogen-bond acceptors (Lipinski definition) is 5. The quantitative estimate of drug-likeness (QED) is 0.427. The van der Waals surface area contributed by atoms with Crippen molar-refractivity contribution in [3.63, 3.8) is 0 Å². The fraction of sp³-hybridized carbons (Fsp3) is 0.381. The number of benzene rings is 1. The number of nitrogens with one attached hydrogen (secondary N) is 1. The molecular weight excluding hydrogens is 384 g/mol. The van der Waals surface area contributed by atoms with Crippen molar-refractivity contribution in [3.05, 3.63) is 47.0 Å². The zero-order valence-electron chi connectivity index (χ0n) is 16.7. The largest absolute Gasteiger partial charge is 0.464 e. The lowest BCUT2D eigenvalue weighted by molar-refractivity contribution is -0.167. The molecule has 0 fully saturated rings. The summed E-state index contributed by atoms with van der Waals surface area (Å²) in [6.07, 6.45) is -3.10. The molecule has 0 saturated heterocycles. The minimum atomic E-state index is -2.47. The molecule has 1 amide bonds. The van der Waals surface area contributed by atoms with Crippen LogP contribution >= 0.6 is 0 Å². The lowest BCUT2D eigenvalue weighted by Gasteiger charge is -2.29. The first-order chi connectivity index (χ1) is 13.7. The van der Waals surface area contributed by atoms with Gasteiger partial charge in [0.05, 0.1) is 18.8 Å². The van der Waals surface area contributed by atoms with Gasteiger partial charge in [-0.1, -0.05) is 29.5 Å². The standard InChI is InChI=1S/C21H23F2NO5/c1-5-28-19(26)21(24-15(4)25,20(27)29-6-2)13-17(18(22)23)12-11-16-9-7-14(3)8-10-16/h7-10H,5-6,13H2,1-4H3,(H,24,25). The van der Waals surface area contributed by atoms with Crippen LogP contribution in [0.5, 0.6) is 0 Å². The number of hydrogen-bond donors (Lipinski definition) is 1. The van der Waals surface area contributed by atoms with Crippen molar-refractivity contribution in [1.82, 2.24) is 5.32 Å². The summed E-state index contributed by atoms with van der Waals surface area (Å²) in [5.41, 5.74) is -1.83. The predicted molar refractivity (Wildman–Crippen MR) is 102 cm³/mol. The molecule has 6 nitrogen and oxygen atoms in total. The molecule has 0 aliphatic rings. The average molecular weight is 407 g/mol. The molecule has 0 spiro atoms. The normalized spacial score (nSPS) is 10.3. The molecule has 1 aromatic rings. The first kappa shape index (κ1) is 23.8. The van der Waals surface area contributed by atoms with E-state index in [1.54, 1.807) is 24.3 Å². The molecule has 0 aliphatic carbocycles. The number of halogens is 2. The van der Waals surface area contributed by atoms with Gasteiger partial charge in [0.15, 0.2) is 0 Å². The Hall–Kier alpha value is -3.21. The Morgan fingerprint density at radius 2 is 1.55 bits per heavy atom. The van der Waals surface area contributed by atoms with E-state index >= 15 is 0 Å². The minimum Gasteiger partial charge on any atom is -0.464 e. The average Bonchev–Trinajstić information content (AvgIpc) is 2.65. The maximum atomic E-state index is 13.6. The Morgan fingerprint density at radius 1 is 1.03 bits per heavy atom. The molecule has 8 heteroatoms. The Balaban J connectivity index is 3.43. The molecule has 0 bridgehead atoms. The van der Waals surface area contributed by atoms with Gasteiger partial charge in [0.1, 0.15) is 0 Å². The Labute approximate surface area is 168 Å². The monoisotopic (exact) mass is 407 g/mol. The van der Waals surface area contributed by atoms with Crippen LogP contribution in [-0.2, 0) is 23.9 Å². The summed E-state index contributed by atoms with van der Waals surface area (Å²) in [5.74, 6) is 1.65. The van der Waals surface area contributed by atoms with Crippen molar-refractivity contribution >= 4 is 17.8 Å². The topological polar surface area (TPSA) is 81.7 Å². The van der Waals surface area contributed by atoms with Crippen LogP contribution in [0.4, 0.5) is 8.78 Å². The molecule has 0 saturated carbocycles. The highest BCUT2D eigenvalue weighted by Gasteiger charge is 2.51. The molecule has 0 atom stereocenters. The second kappa shape index (κ2) is 11.0. The van der Waals surface area contributed by atoms with Gasteiger partial charge in [-0.05, 0) is 32.9 Å². The third-order valence-corrected chi connectivity index (χ3v) is 3.72.